The van der Waals surface area contributed by atoms with E-state index in [2.05, 4.69) is 6.92 Å². The third-order valence-electron chi connectivity index (χ3n) is 5.93. The van der Waals surface area contributed by atoms with Gasteiger partial charge in [0.15, 0.2) is 5.79 Å². The van der Waals surface area contributed by atoms with Crippen LogP contribution in [0.3, 0.4) is 0 Å². The second kappa shape index (κ2) is 11.0. The highest BCUT2D eigenvalue weighted by molar-refractivity contribution is 5.66. The fourth-order valence-electron chi connectivity index (χ4n) is 3.74. The first-order chi connectivity index (χ1) is 12.6. The molecular formula is C22H38O5. The normalized spacial score (nSPS) is 24.3. The minimum atomic E-state index is -1.86. The Kier molecular flexibility index (Phi) is 9.71. The van der Waals surface area contributed by atoms with Crippen molar-refractivity contribution in [2.24, 2.45) is 17.3 Å². The Morgan fingerprint density at radius 2 is 1.81 bits per heavy atom. The van der Waals surface area contributed by atoms with Crippen molar-refractivity contribution >= 4 is 5.97 Å². The number of hydrogen-bond acceptors (Lipinski definition) is 4. The van der Waals surface area contributed by atoms with Crippen molar-refractivity contribution in [2.45, 2.75) is 90.4 Å². The summed E-state index contributed by atoms with van der Waals surface area (Å²) in [4.78, 5) is 10.5. The second-order valence-corrected chi connectivity index (χ2v) is 8.53. The summed E-state index contributed by atoms with van der Waals surface area (Å²) in [5, 5.41) is 40.0. The summed E-state index contributed by atoms with van der Waals surface area (Å²) in [6.45, 7) is 5.83. The monoisotopic (exact) mass is 382 g/mol. The van der Waals surface area contributed by atoms with Crippen LogP contribution in [0.1, 0.15) is 78.6 Å². The van der Waals surface area contributed by atoms with E-state index in [1.165, 1.54) is 6.08 Å². The Bertz CT molecular complexity index is 507. The largest absolute Gasteiger partial charge is 0.481 e. The zero-order chi connectivity index (χ0) is 20.5. The number of carboxylic acid groups (broad SMARTS) is 1. The van der Waals surface area contributed by atoms with Gasteiger partial charge in [0, 0.05) is 11.8 Å². The van der Waals surface area contributed by atoms with Gasteiger partial charge in [0.05, 0.1) is 6.10 Å². The molecule has 156 valence electrons. The fourth-order valence-corrected chi connectivity index (χ4v) is 3.74. The van der Waals surface area contributed by atoms with Crippen molar-refractivity contribution < 1.29 is 25.2 Å². The van der Waals surface area contributed by atoms with E-state index in [4.69, 9.17) is 5.11 Å². The van der Waals surface area contributed by atoms with Crippen molar-refractivity contribution in [3.8, 4) is 0 Å². The molecule has 0 aromatic rings. The Morgan fingerprint density at radius 1 is 1.15 bits per heavy atom. The smallest absolute Gasteiger partial charge is 0.303 e. The summed E-state index contributed by atoms with van der Waals surface area (Å²) in [5.74, 6) is -2.43. The van der Waals surface area contributed by atoms with Gasteiger partial charge >= 0.3 is 5.97 Å². The first kappa shape index (κ1) is 23.9. The summed E-state index contributed by atoms with van der Waals surface area (Å²) in [6, 6.07) is 0. The van der Waals surface area contributed by atoms with Crippen LogP contribution in [0.5, 0.6) is 0 Å². The van der Waals surface area contributed by atoms with Gasteiger partial charge in [-0.3, -0.25) is 4.79 Å². The predicted octanol–water partition coefficient (Wildman–Crippen LogP) is 4.03. The quantitative estimate of drug-likeness (QED) is 0.302. The van der Waals surface area contributed by atoms with Crippen LogP contribution in [0.25, 0.3) is 0 Å². The van der Waals surface area contributed by atoms with Gasteiger partial charge in [-0.15, -0.1) is 0 Å². The molecule has 1 fully saturated rings. The molecular weight excluding hydrogens is 344 g/mol. The number of rotatable bonds is 12. The highest BCUT2D eigenvalue weighted by atomic mass is 16.5. The number of aliphatic hydroxyl groups is 3. The first-order valence-corrected chi connectivity index (χ1v) is 10.3. The van der Waals surface area contributed by atoms with E-state index in [-0.39, 0.29) is 24.4 Å². The van der Waals surface area contributed by atoms with E-state index < -0.39 is 17.2 Å². The highest BCUT2D eigenvalue weighted by Crippen LogP contribution is 2.39. The lowest BCUT2D eigenvalue weighted by atomic mass is 9.77. The van der Waals surface area contributed by atoms with Crippen LogP contribution in [-0.2, 0) is 4.79 Å². The van der Waals surface area contributed by atoms with Gasteiger partial charge in [0.25, 0.3) is 0 Å². The van der Waals surface area contributed by atoms with Gasteiger partial charge in [0.1, 0.15) is 0 Å². The zero-order valence-electron chi connectivity index (χ0n) is 17.1. The van der Waals surface area contributed by atoms with E-state index in [0.29, 0.717) is 6.42 Å². The van der Waals surface area contributed by atoms with Gasteiger partial charge in [0.2, 0.25) is 0 Å². The molecule has 5 heteroatoms. The molecule has 0 aliphatic heterocycles. The lowest BCUT2D eigenvalue weighted by Gasteiger charge is -2.36. The molecule has 27 heavy (non-hydrogen) atoms. The number of carboxylic acids is 1. The molecule has 5 nitrogen and oxygen atoms in total. The molecule has 0 heterocycles. The zero-order valence-corrected chi connectivity index (χ0v) is 17.1. The molecule has 0 radical (unpaired) electrons. The summed E-state index contributed by atoms with van der Waals surface area (Å²) in [7, 11) is 0. The second-order valence-electron chi connectivity index (χ2n) is 8.53. The number of unbranched alkanes of at least 4 members (excludes halogenated alkanes) is 1. The Balaban J connectivity index is 2.61. The predicted molar refractivity (Wildman–Crippen MR) is 107 cm³/mol. The molecule has 3 atom stereocenters. The molecule has 4 N–H and O–H groups in total. The average molecular weight is 383 g/mol. The summed E-state index contributed by atoms with van der Waals surface area (Å²) in [6.07, 6.45) is 13.4. The lowest BCUT2D eigenvalue weighted by Crippen LogP contribution is -2.43. The van der Waals surface area contributed by atoms with Crippen molar-refractivity contribution in [3.05, 3.63) is 24.3 Å². The maximum atomic E-state index is 10.5. The van der Waals surface area contributed by atoms with Crippen molar-refractivity contribution in [2.75, 3.05) is 0 Å². The summed E-state index contributed by atoms with van der Waals surface area (Å²) >= 11 is 0. The molecule has 0 bridgehead atoms. The number of carbonyl (C=O) groups is 1. The van der Waals surface area contributed by atoms with Crippen molar-refractivity contribution in [1.82, 2.24) is 0 Å². The van der Waals surface area contributed by atoms with Crippen LogP contribution in [0, 0.1) is 17.3 Å². The standard InChI is InChI=1S/C22H38O5/c1-4-5-15-21(2,3)22(26,27)16-14-17-12-13-19(23)18(17)10-8-6-7-9-11-20(24)25/h6-7,14,16-19,23,26-27H,4-5,8-13,15H2,1-3H3,(H,24,25)/b7-6-,16-14+. The molecule has 0 spiro atoms. The molecule has 0 aromatic heterocycles. The molecule has 0 aromatic carbocycles. The maximum absolute atomic E-state index is 10.5. The van der Waals surface area contributed by atoms with Crippen LogP contribution < -0.4 is 0 Å². The third-order valence-corrected chi connectivity index (χ3v) is 5.93. The summed E-state index contributed by atoms with van der Waals surface area (Å²) in [5.41, 5.74) is -0.626. The minimum Gasteiger partial charge on any atom is -0.481 e. The molecule has 1 aliphatic rings. The first-order valence-electron chi connectivity index (χ1n) is 10.3. The van der Waals surface area contributed by atoms with Gasteiger partial charge in [-0.2, -0.15) is 0 Å². The minimum absolute atomic E-state index is 0.0972. The van der Waals surface area contributed by atoms with E-state index in [1.807, 2.05) is 32.1 Å². The van der Waals surface area contributed by atoms with Crippen molar-refractivity contribution in [1.29, 1.82) is 0 Å². The topological polar surface area (TPSA) is 98.0 Å². The average Bonchev–Trinajstić information content (AvgIpc) is 2.94. The Hall–Kier alpha value is -1.17. The number of allylic oxidation sites excluding steroid dienone is 3. The van der Waals surface area contributed by atoms with E-state index in [1.54, 1.807) is 0 Å². The highest BCUT2D eigenvalue weighted by Gasteiger charge is 2.40. The third kappa shape index (κ3) is 7.76. The van der Waals surface area contributed by atoms with E-state index >= 15 is 0 Å². The molecule has 0 amide bonds. The number of aliphatic hydroxyl groups excluding tert-OH is 1. The number of aliphatic carboxylic acids is 1. The van der Waals surface area contributed by atoms with Crippen LogP contribution in [0.4, 0.5) is 0 Å². The number of hydrogen-bond donors (Lipinski definition) is 4. The van der Waals surface area contributed by atoms with Crippen LogP contribution in [0.2, 0.25) is 0 Å². The van der Waals surface area contributed by atoms with Crippen molar-refractivity contribution in [3.63, 3.8) is 0 Å². The van der Waals surface area contributed by atoms with Gasteiger partial charge in [-0.05, 0) is 56.4 Å². The molecule has 3 unspecified atom stereocenters. The van der Waals surface area contributed by atoms with Crippen LogP contribution >= 0.6 is 0 Å². The molecule has 1 rings (SSSR count). The summed E-state index contributed by atoms with van der Waals surface area (Å²) < 4.78 is 0. The maximum Gasteiger partial charge on any atom is 0.303 e. The fraction of sp³-hybridized carbons (Fsp3) is 0.773. The van der Waals surface area contributed by atoms with Crippen LogP contribution in [0.15, 0.2) is 24.3 Å². The van der Waals surface area contributed by atoms with E-state index in [0.717, 1.165) is 44.9 Å². The van der Waals surface area contributed by atoms with Gasteiger partial charge < -0.3 is 20.4 Å². The van der Waals surface area contributed by atoms with Gasteiger partial charge in [-0.1, -0.05) is 51.8 Å². The Morgan fingerprint density at radius 3 is 2.44 bits per heavy atom. The van der Waals surface area contributed by atoms with Crippen LogP contribution in [-0.4, -0.2) is 38.3 Å². The lowest BCUT2D eigenvalue weighted by molar-refractivity contribution is -0.197. The van der Waals surface area contributed by atoms with E-state index in [9.17, 15) is 20.1 Å². The Labute approximate surface area is 163 Å². The van der Waals surface area contributed by atoms with Gasteiger partial charge in [-0.25, -0.2) is 0 Å². The molecule has 0 saturated heterocycles. The SMILES string of the molecule is CCCCC(C)(C)C(O)(O)/C=C/C1CCC(O)C1CC/C=C\CCC(=O)O. The molecule has 1 saturated carbocycles. The molecule has 1 aliphatic carbocycles.